The monoisotopic (exact) mass is 438 g/mol. The summed E-state index contributed by atoms with van der Waals surface area (Å²) in [5.41, 5.74) is 2.14. The molecule has 1 N–H and O–H groups in total. The first-order valence-corrected chi connectivity index (χ1v) is 12.2. The second-order valence-electron chi connectivity index (χ2n) is 9.75. The van der Waals surface area contributed by atoms with Crippen LogP contribution in [0.5, 0.6) is 0 Å². The van der Waals surface area contributed by atoms with Crippen LogP contribution in [0, 0.1) is 5.92 Å². The van der Waals surface area contributed by atoms with E-state index in [0.29, 0.717) is 24.6 Å². The quantitative estimate of drug-likeness (QED) is 0.793. The van der Waals surface area contributed by atoms with Gasteiger partial charge in [-0.25, -0.2) is 4.98 Å². The van der Waals surface area contributed by atoms with Gasteiger partial charge in [-0.05, 0) is 44.1 Å². The van der Waals surface area contributed by atoms with Crippen LogP contribution in [0.4, 0.5) is 0 Å². The number of fused-ring (bicyclic) bond motifs is 1. The number of hydrogen-bond donors (Lipinski definition) is 1. The van der Waals surface area contributed by atoms with Crippen LogP contribution in [0.1, 0.15) is 85.0 Å². The number of amides is 1. The molecule has 1 atom stereocenters. The Bertz CT molecular complexity index is 1020. The van der Waals surface area contributed by atoms with Gasteiger partial charge in [0.15, 0.2) is 0 Å². The summed E-state index contributed by atoms with van der Waals surface area (Å²) in [6, 6.07) is 1.55. The van der Waals surface area contributed by atoms with Crippen molar-refractivity contribution in [3.05, 3.63) is 45.4 Å². The number of carbonyl (C=O) groups excluding carboxylic acids is 1. The van der Waals surface area contributed by atoms with E-state index < -0.39 is 0 Å². The van der Waals surface area contributed by atoms with E-state index >= 15 is 0 Å². The van der Waals surface area contributed by atoms with Crippen LogP contribution in [0.2, 0.25) is 0 Å². The predicted molar refractivity (Wildman–Crippen MR) is 121 cm³/mol. The molecule has 2 fully saturated rings. The molecule has 1 unspecified atom stereocenters. The third-order valence-electron chi connectivity index (χ3n) is 7.42. The molecule has 1 saturated heterocycles. The molecule has 2 aliphatic heterocycles. The fourth-order valence-electron chi connectivity index (χ4n) is 5.68. The molecule has 0 spiro atoms. The minimum Gasteiger partial charge on any atom is -0.327 e. The number of piperidine rings is 1. The van der Waals surface area contributed by atoms with E-state index in [0.717, 1.165) is 55.9 Å². The van der Waals surface area contributed by atoms with E-state index in [9.17, 15) is 9.59 Å². The molecule has 8 heteroatoms. The van der Waals surface area contributed by atoms with Crippen LogP contribution in [0.25, 0.3) is 0 Å². The molecule has 1 saturated carbocycles. The van der Waals surface area contributed by atoms with E-state index in [1.807, 2.05) is 11.9 Å². The van der Waals surface area contributed by atoms with Crippen LogP contribution in [0.15, 0.2) is 17.1 Å². The summed E-state index contributed by atoms with van der Waals surface area (Å²) in [5.74, 6) is 1.32. The lowest BCUT2D eigenvalue weighted by atomic mass is 9.88. The van der Waals surface area contributed by atoms with E-state index in [1.54, 1.807) is 16.9 Å². The Kier molecular flexibility index (Phi) is 6.13. The van der Waals surface area contributed by atoms with Crippen molar-refractivity contribution in [1.82, 2.24) is 29.5 Å². The topological polar surface area (TPSA) is 87.1 Å². The number of carbonyl (C=O) groups is 1. The van der Waals surface area contributed by atoms with Crippen molar-refractivity contribution < 1.29 is 4.79 Å². The largest absolute Gasteiger partial charge is 0.327 e. The number of aryl methyl sites for hydroxylation is 1. The summed E-state index contributed by atoms with van der Waals surface area (Å²) in [4.78, 5) is 38.4. The van der Waals surface area contributed by atoms with E-state index in [4.69, 9.17) is 4.98 Å². The second kappa shape index (κ2) is 9.17. The Morgan fingerprint density at radius 1 is 1.12 bits per heavy atom. The number of H-pyrrole nitrogens is 1. The molecular formula is C24H34N6O2. The maximum Gasteiger partial charge on any atom is 0.274 e. The van der Waals surface area contributed by atoms with Gasteiger partial charge in [-0.2, -0.15) is 5.10 Å². The lowest BCUT2D eigenvalue weighted by Gasteiger charge is -2.36. The average molecular weight is 439 g/mol. The van der Waals surface area contributed by atoms with Crippen molar-refractivity contribution in [3.63, 3.8) is 0 Å². The zero-order valence-electron chi connectivity index (χ0n) is 19.1. The summed E-state index contributed by atoms with van der Waals surface area (Å²) >= 11 is 0. The molecule has 0 aromatic carbocycles. The van der Waals surface area contributed by atoms with E-state index in [2.05, 4.69) is 15.0 Å². The molecule has 2 aromatic rings. The van der Waals surface area contributed by atoms with Crippen molar-refractivity contribution in [3.8, 4) is 0 Å². The van der Waals surface area contributed by atoms with Gasteiger partial charge in [0.05, 0.1) is 17.3 Å². The predicted octanol–water partition coefficient (Wildman–Crippen LogP) is 2.81. The van der Waals surface area contributed by atoms with Crippen molar-refractivity contribution >= 4 is 5.91 Å². The molecule has 1 aliphatic carbocycles. The molecule has 172 valence electrons. The van der Waals surface area contributed by atoms with Gasteiger partial charge in [-0.15, -0.1) is 0 Å². The van der Waals surface area contributed by atoms with Crippen LogP contribution in [-0.4, -0.2) is 55.1 Å². The third-order valence-corrected chi connectivity index (χ3v) is 7.42. The summed E-state index contributed by atoms with van der Waals surface area (Å²) in [5, 5.41) is 4.29. The highest BCUT2D eigenvalue weighted by Gasteiger charge is 2.33. The Balaban J connectivity index is 1.35. The number of aromatic nitrogens is 4. The molecule has 0 radical (unpaired) electrons. The average Bonchev–Trinajstić information content (AvgIpc) is 3.26. The minimum absolute atomic E-state index is 0.0332. The SMILES string of the molecule is Cn1ccc(C(=O)N2CCCCC2c2nc3c(c(=O)[nH]2)CN(CC2CCCCC2)CC3)n1. The van der Waals surface area contributed by atoms with Gasteiger partial charge in [0, 0.05) is 45.8 Å². The van der Waals surface area contributed by atoms with Gasteiger partial charge < -0.3 is 9.88 Å². The number of likely N-dealkylation sites (tertiary alicyclic amines) is 1. The van der Waals surface area contributed by atoms with Crippen LogP contribution >= 0.6 is 0 Å². The molecule has 1 amide bonds. The van der Waals surface area contributed by atoms with Gasteiger partial charge in [0.2, 0.25) is 0 Å². The Morgan fingerprint density at radius 3 is 2.72 bits per heavy atom. The molecule has 5 rings (SSSR count). The lowest BCUT2D eigenvalue weighted by Crippen LogP contribution is -2.42. The molecular weight excluding hydrogens is 404 g/mol. The van der Waals surface area contributed by atoms with Gasteiger partial charge >= 0.3 is 0 Å². The van der Waals surface area contributed by atoms with Gasteiger partial charge in [0.25, 0.3) is 11.5 Å². The molecule has 3 aliphatic rings. The standard InChI is InChI=1S/C24H34N6O2/c1-28-13-10-20(27-28)24(32)30-12-6-5-9-21(30)22-25-19-11-14-29(16-18(19)23(31)26-22)15-17-7-3-2-4-8-17/h10,13,17,21H,2-9,11-12,14-16H2,1H3,(H,25,26,31). The molecule has 32 heavy (non-hydrogen) atoms. The zero-order valence-corrected chi connectivity index (χ0v) is 19.1. The van der Waals surface area contributed by atoms with E-state index in [-0.39, 0.29) is 17.5 Å². The maximum absolute atomic E-state index is 13.1. The summed E-state index contributed by atoms with van der Waals surface area (Å²) in [7, 11) is 1.81. The third kappa shape index (κ3) is 4.37. The van der Waals surface area contributed by atoms with Gasteiger partial charge in [-0.1, -0.05) is 19.3 Å². The number of rotatable bonds is 4. The summed E-state index contributed by atoms with van der Waals surface area (Å²) < 4.78 is 1.64. The zero-order chi connectivity index (χ0) is 22.1. The lowest BCUT2D eigenvalue weighted by molar-refractivity contribution is 0.0591. The highest BCUT2D eigenvalue weighted by atomic mass is 16.2. The van der Waals surface area contributed by atoms with E-state index in [1.165, 1.54) is 32.1 Å². The molecule has 0 bridgehead atoms. The smallest absolute Gasteiger partial charge is 0.274 e. The molecule has 8 nitrogen and oxygen atoms in total. The number of hydrogen-bond acceptors (Lipinski definition) is 5. The first kappa shape index (κ1) is 21.4. The number of nitrogens with zero attached hydrogens (tertiary/aromatic N) is 5. The first-order valence-electron chi connectivity index (χ1n) is 12.2. The normalized spacial score (nSPS) is 22.7. The summed E-state index contributed by atoms with van der Waals surface area (Å²) in [6.45, 7) is 3.40. The van der Waals surface area contributed by atoms with Crippen molar-refractivity contribution in [2.24, 2.45) is 13.0 Å². The van der Waals surface area contributed by atoms with Crippen LogP contribution < -0.4 is 5.56 Å². The Morgan fingerprint density at radius 2 is 1.94 bits per heavy atom. The van der Waals surface area contributed by atoms with Gasteiger partial charge in [-0.3, -0.25) is 19.2 Å². The van der Waals surface area contributed by atoms with Crippen molar-refractivity contribution in [1.29, 1.82) is 0 Å². The summed E-state index contributed by atoms with van der Waals surface area (Å²) in [6.07, 6.45) is 12.1. The Labute approximate surface area is 189 Å². The van der Waals surface area contributed by atoms with Crippen molar-refractivity contribution in [2.75, 3.05) is 19.6 Å². The highest BCUT2D eigenvalue weighted by molar-refractivity contribution is 5.92. The number of aromatic amines is 1. The molecule has 2 aromatic heterocycles. The fraction of sp³-hybridized carbons (Fsp3) is 0.667. The minimum atomic E-state index is -0.198. The van der Waals surface area contributed by atoms with Crippen LogP contribution in [0.3, 0.4) is 0 Å². The molecule has 4 heterocycles. The number of nitrogens with one attached hydrogen (secondary N) is 1. The fourth-order valence-corrected chi connectivity index (χ4v) is 5.68. The van der Waals surface area contributed by atoms with Crippen molar-refractivity contribution in [2.45, 2.75) is 70.4 Å². The maximum atomic E-state index is 13.1. The second-order valence-corrected chi connectivity index (χ2v) is 9.75. The first-order chi connectivity index (χ1) is 15.6. The van der Waals surface area contributed by atoms with Gasteiger partial charge in [0.1, 0.15) is 11.5 Å². The Hall–Kier alpha value is -2.48. The van der Waals surface area contributed by atoms with Crippen LogP contribution in [-0.2, 0) is 20.0 Å². The highest BCUT2D eigenvalue weighted by Crippen LogP contribution is 2.31.